The SMILES string of the molecule is CC(C)CCOCCNC(=O)c1ccc(C(=O)O)o1. The Hall–Kier alpha value is -1.82. The number of carboxylic acids is 1. The summed E-state index contributed by atoms with van der Waals surface area (Å²) in [5, 5.41) is 11.2. The first-order valence-corrected chi connectivity index (χ1v) is 6.19. The van der Waals surface area contributed by atoms with Gasteiger partial charge in [0.25, 0.3) is 5.91 Å². The molecule has 1 aromatic heterocycles. The fraction of sp³-hybridized carbons (Fsp3) is 0.538. The van der Waals surface area contributed by atoms with Crippen molar-refractivity contribution < 1.29 is 23.8 Å². The summed E-state index contributed by atoms with van der Waals surface area (Å²) in [5.74, 6) is -1.32. The predicted octanol–water partition coefficient (Wildman–Crippen LogP) is 1.77. The highest BCUT2D eigenvalue weighted by atomic mass is 16.5. The van der Waals surface area contributed by atoms with Crippen LogP contribution in [-0.2, 0) is 4.74 Å². The van der Waals surface area contributed by atoms with Crippen molar-refractivity contribution in [1.82, 2.24) is 5.32 Å². The highest BCUT2D eigenvalue weighted by molar-refractivity contribution is 5.93. The number of amides is 1. The summed E-state index contributed by atoms with van der Waals surface area (Å²) >= 11 is 0. The van der Waals surface area contributed by atoms with Crippen molar-refractivity contribution in [3.8, 4) is 0 Å². The van der Waals surface area contributed by atoms with Crippen molar-refractivity contribution in [2.24, 2.45) is 5.92 Å². The van der Waals surface area contributed by atoms with Crippen molar-refractivity contribution in [1.29, 1.82) is 0 Å². The summed E-state index contributed by atoms with van der Waals surface area (Å²) < 4.78 is 10.2. The molecule has 0 unspecified atom stereocenters. The Kier molecular flexibility index (Phi) is 6.08. The van der Waals surface area contributed by atoms with Crippen LogP contribution < -0.4 is 5.32 Å². The maximum Gasteiger partial charge on any atom is 0.371 e. The first-order chi connectivity index (χ1) is 9.00. The first kappa shape index (κ1) is 15.2. The van der Waals surface area contributed by atoms with Crippen molar-refractivity contribution in [2.75, 3.05) is 19.8 Å². The zero-order valence-corrected chi connectivity index (χ0v) is 11.1. The van der Waals surface area contributed by atoms with E-state index < -0.39 is 11.9 Å². The van der Waals surface area contributed by atoms with Gasteiger partial charge in [0.15, 0.2) is 5.76 Å². The van der Waals surface area contributed by atoms with Gasteiger partial charge in [-0.1, -0.05) is 13.8 Å². The average Bonchev–Trinajstić information content (AvgIpc) is 2.82. The van der Waals surface area contributed by atoms with Gasteiger partial charge < -0.3 is 19.6 Å². The third-order valence-corrected chi connectivity index (χ3v) is 2.41. The van der Waals surface area contributed by atoms with Crippen LogP contribution >= 0.6 is 0 Å². The van der Waals surface area contributed by atoms with E-state index in [1.54, 1.807) is 0 Å². The summed E-state index contributed by atoms with van der Waals surface area (Å²) in [6.45, 7) is 5.67. The van der Waals surface area contributed by atoms with Gasteiger partial charge in [-0.2, -0.15) is 0 Å². The maximum absolute atomic E-state index is 11.6. The van der Waals surface area contributed by atoms with Gasteiger partial charge in [-0.15, -0.1) is 0 Å². The summed E-state index contributed by atoms with van der Waals surface area (Å²) in [5.41, 5.74) is 0. The number of carboxylic acid groups (broad SMARTS) is 1. The van der Waals surface area contributed by atoms with E-state index in [4.69, 9.17) is 14.3 Å². The molecule has 1 heterocycles. The van der Waals surface area contributed by atoms with Gasteiger partial charge in [0.05, 0.1) is 6.61 Å². The second-order valence-electron chi connectivity index (χ2n) is 4.52. The van der Waals surface area contributed by atoms with Gasteiger partial charge in [-0.05, 0) is 24.5 Å². The Labute approximate surface area is 111 Å². The number of carbonyl (C=O) groups is 2. The minimum absolute atomic E-state index is 0.0143. The molecule has 2 N–H and O–H groups in total. The number of hydrogen-bond donors (Lipinski definition) is 2. The average molecular weight is 269 g/mol. The minimum Gasteiger partial charge on any atom is -0.475 e. The zero-order valence-electron chi connectivity index (χ0n) is 11.1. The van der Waals surface area contributed by atoms with E-state index in [9.17, 15) is 9.59 Å². The second kappa shape index (κ2) is 7.58. The third kappa shape index (κ3) is 5.56. The summed E-state index contributed by atoms with van der Waals surface area (Å²) in [6.07, 6.45) is 0.980. The van der Waals surface area contributed by atoms with Crippen molar-refractivity contribution in [3.05, 3.63) is 23.7 Å². The Balaban J connectivity index is 2.22. The second-order valence-corrected chi connectivity index (χ2v) is 4.52. The van der Waals surface area contributed by atoms with E-state index in [1.165, 1.54) is 12.1 Å². The van der Waals surface area contributed by atoms with Crippen LogP contribution in [0.1, 0.15) is 41.4 Å². The van der Waals surface area contributed by atoms with Crippen LogP contribution in [0.2, 0.25) is 0 Å². The molecule has 0 saturated carbocycles. The van der Waals surface area contributed by atoms with E-state index in [0.717, 1.165) is 6.42 Å². The molecule has 6 heteroatoms. The molecule has 19 heavy (non-hydrogen) atoms. The van der Waals surface area contributed by atoms with Gasteiger partial charge in [0, 0.05) is 13.2 Å². The molecule has 1 rings (SSSR count). The van der Waals surface area contributed by atoms with Gasteiger partial charge in [0.2, 0.25) is 5.76 Å². The maximum atomic E-state index is 11.6. The van der Waals surface area contributed by atoms with Gasteiger partial charge in [0.1, 0.15) is 0 Å². The number of nitrogens with one attached hydrogen (secondary N) is 1. The van der Waals surface area contributed by atoms with Crippen LogP contribution in [-0.4, -0.2) is 36.7 Å². The number of rotatable bonds is 8. The molecule has 0 saturated heterocycles. The Bertz CT molecular complexity index is 424. The predicted molar refractivity (Wildman–Crippen MR) is 68.3 cm³/mol. The van der Waals surface area contributed by atoms with Crippen LogP contribution in [0.4, 0.5) is 0 Å². The molecule has 0 aromatic carbocycles. The molecule has 1 amide bonds. The van der Waals surface area contributed by atoms with E-state index in [1.807, 2.05) is 0 Å². The quantitative estimate of drug-likeness (QED) is 0.702. The molecule has 0 fully saturated rings. The van der Waals surface area contributed by atoms with Gasteiger partial charge >= 0.3 is 5.97 Å². The van der Waals surface area contributed by atoms with Crippen molar-refractivity contribution in [2.45, 2.75) is 20.3 Å². The molecule has 0 aliphatic carbocycles. The fourth-order valence-corrected chi connectivity index (χ4v) is 1.32. The molecule has 0 aliphatic rings. The number of hydrogen-bond acceptors (Lipinski definition) is 4. The summed E-state index contributed by atoms with van der Waals surface area (Å²) in [4.78, 5) is 22.1. The zero-order chi connectivity index (χ0) is 14.3. The first-order valence-electron chi connectivity index (χ1n) is 6.19. The third-order valence-electron chi connectivity index (χ3n) is 2.41. The lowest BCUT2D eigenvalue weighted by atomic mass is 10.1. The number of ether oxygens (including phenoxy) is 1. The summed E-state index contributed by atoms with van der Waals surface area (Å²) in [7, 11) is 0. The number of furan rings is 1. The monoisotopic (exact) mass is 269 g/mol. The topological polar surface area (TPSA) is 88.8 Å². The van der Waals surface area contributed by atoms with E-state index >= 15 is 0 Å². The van der Waals surface area contributed by atoms with Crippen molar-refractivity contribution in [3.63, 3.8) is 0 Å². The molecular formula is C13H19NO5. The van der Waals surface area contributed by atoms with E-state index in [-0.39, 0.29) is 11.5 Å². The Morgan fingerprint density at radius 3 is 2.58 bits per heavy atom. The van der Waals surface area contributed by atoms with Gasteiger partial charge in [-0.3, -0.25) is 4.79 Å². The largest absolute Gasteiger partial charge is 0.475 e. The lowest BCUT2D eigenvalue weighted by Gasteiger charge is -2.06. The highest BCUT2D eigenvalue weighted by Crippen LogP contribution is 2.07. The fourth-order valence-electron chi connectivity index (χ4n) is 1.32. The molecule has 0 radical (unpaired) electrons. The Morgan fingerprint density at radius 2 is 2.00 bits per heavy atom. The van der Waals surface area contributed by atoms with Crippen LogP contribution in [0, 0.1) is 5.92 Å². The molecule has 0 bridgehead atoms. The smallest absolute Gasteiger partial charge is 0.371 e. The molecule has 1 aromatic rings. The Morgan fingerprint density at radius 1 is 1.32 bits per heavy atom. The molecule has 0 atom stereocenters. The molecule has 0 aliphatic heterocycles. The number of carbonyl (C=O) groups excluding carboxylic acids is 1. The standard InChI is InChI=1S/C13H19NO5/c1-9(2)5-7-18-8-6-14-12(15)10-3-4-11(19-10)13(16)17/h3-4,9H,5-8H2,1-2H3,(H,14,15)(H,16,17). The molecule has 6 nitrogen and oxygen atoms in total. The normalized spacial score (nSPS) is 10.7. The van der Waals surface area contributed by atoms with E-state index in [2.05, 4.69) is 19.2 Å². The minimum atomic E-state index is -1.20. The van der Waals surface area contributed by atoms with Crippen LogP contribution in [0.15, 0.2) is 16.5 Å². The van der Waals surface area contributed by atoms with Crippen LogP contribution in [0.5, 0.6) is 0 Å². The lowest BCUT2D eigenvalue weighted by Crippen LogP contribution is -2.27. The van der Waals surface area contributed by atoms with Crippen LogP contribution in [0.25, 0.3) is 0 Å². The summed E-state index contributed by atoms with van der Waals surface area (Å²) in [6, 6.07) is 2.58. The number of aromatic carboxylic acids is 1. The van der Waals surface area contributed by atoms with Gasteiger partial charge in [-0.25, -0.2) is 4.79 Å². The van der Waals surface area contributed by atoms with Crippen LogP contribution in [0.3, 0.4) is 0 Å². The van der Waals surface area contributed by atoms with E-state index in [0.29, 0.717) is 25.7 Å². The molecule has 0 spiro atoms. The molecule has 106 valence electrons. The lowest BCUT2D eigenvalue weighted by molar-refractivity contribution is 0.0659. The molecular weight excluding hydrogens is 250 g/mol. The van der Waals surface area contributed by atoms with Crippen molar-refractivity contribution >= 4 is 11.9 Å². The highest BCUT2D eigenvalue weighted by Gasteiger charge is 2.14.